The SMILES string of the molecule is CC(C)(C)C(=O)OCn1c(-c2cncnc2)nc2c(Cl)nc(I)nc21. The van der Waals surface area contributed by atoms with Gasteiger partial charge in [0, 0.05) is 35.0 Å². The third-order valence-electron chi connectivity index (χ3n) is 3.28. The summed E-state index contributed by atoms with van der Waals surface area (Å²) in [4.78, 5) is 33.1. The number of imidazole rings is 1. The molecule has 0 radical (unpaired) electrons. The predicted molar refractivity (Wildman–Crippen MR) is 99.6 cm³/mol. The zero-order valence-electron chi connectivity index (χ0n) is 13.7. The lowest BCUT2D eigenvalue weighted by Gasteiger charge is -2.17. The van der Waals surface area contributed by atoms with E-state index in [1.54, 1.807) is 37.7 Å². The highest BCUT2D eigenvalue weighted by Crippen LogP contribution is 2.27. The van der Waals surface area contributed by atoms with E-state index < -0.39 is 5.41 Å². The quantitative estimate of drug-likeness (QED) is 0.250. The number of nitrogens with zero attached hydrogens (tertiary/aromatic N) is 6. The molecule has 0 aliphatic heterocycles. The molecule has 0 spiro atoms. The van der Waals surface area contributed by atoms with Crippen molar-refractivity contribution in [3.8, 4) is 11.4 Å². The summed E-state index contributed by atoms with van der Waals surface area (Å²) in [5, 5.41) is 0.230. The van der Waals surface area contributed by atoms with Crippen molar-refractivity contribution in [3.05, 3.63) is 27.7 Å². The summed E-state index contributed by atoms with van der Waals surface area (Å²) in [5.41, 5.74) is 0.934. The molecular formula is C15H14ClIN6O2. The second kappa shape index (κ2) is 6.79. The minimum Gasteiger partial charge on any atom is -0.443 e. The molecule has 0 saturated carbocycles. The maximum absolute atomic E-state index is 12.1. The molecular weight excluding hydrogens is 459 g/mol. The van der Waals surface area contributed by atoms with Crippen LogP contribution in [0.3, 0.4) is 0 Å². The van der Waals surface area contributed by atoms with Crippen LogP contribution in [0.25, 0.3) is 22.6 Å². The van der Waals surface area contributed by atoms with Crippen molar-refractivity contribution in [1.82, 2.24) is 29.5 Å². The number of aromatic nitrogens is 6. The third kappa shape index (κ3) is 3.71. The summed E-state index contributed by atoms with van der Waals surface area (Å²) in [7, 11) is 0. The van der Waals surface area contributed by atoms with Gasteiger partial charge in [0.05, 0.1) is 11.0 Å². The second-order valence-corrected chi connectivity index (χ2v) is 7.58. The van der Waals surface area contributed by atoms with Crippen LogP contribution < -0.4 is 0 Å². The molecule has 0 unspecified atom stereocenters. The maximum Gasteiger partial charge on any atom is 0.312 e. The molecule has 25 heavy (non-hydrogen) atoms. The highest BCUT2D eigenvalue weighted by Gasteiger charge is 2.25. The summed E-state index contributed by atoms with van der Waals surface area (Å²) in [6, 6.07) is 0. The third-order valence-corrected chi connectivity index (χ3v) is 4.03. The number of ether oxygens (including phenoxy) is 1. The van der Waals surface area contributed by atoms with Crippen LogP contribution in [-0.4, -0.2) is 35.5 Å². The molecule has 130 valence electrons. The Balaban J connectivity index is 2.12. The van der Waals surface area contributed by atoms with Crippen molar-refractivity contribution in [2.45, 2.75) is 27.5 Å². The molecule has 0 fully saturated rings. The molecule has 3 heterocycles. The Bertz CT molecular complexity index is 939. The van der Waals surface area contributed by atoms with Crippen LogP contribution in [-0.2, 0) is 16.3 Å². The summed E-state index contributed by atoms with van der Waals surface area (Å²) in [6.07, 6.45) is 4.65. The summed E-state index contributed by atoms with van der Waals surface area (Å²) in [5.74, 6) is 0.162. The lowest BCUT2D eigenvalue weighted by atomic mass is 9.98. The van der Waals surface area contributed by atoms with Crippen LogP contribution in [0.2, 0.25) is 5.15 Å². The number of esters is 1. The molecule has 3 aromatic rings. The first-order chi connectivity index (χ1) is 11.8. The van der Waals surface area contributed by atoms with Gasteiger partial charge < -0.3 is 4.74 Å². The fourth-order valence-electron chi connectivity index (χ4n) is 2.04. The Morgan fingerprint density at radius 2 is 1.92 bits per heavy atom. The number of rotatable bonds is 3. The molecule has 0 aromatic carbocycles. The zero-order chi connectivity index (χ0) is 18.2. The van der Waals surface area contributed by atoms with E-state index in [1.165, 1.54) is 6.33 Å². The average Bonchev–Trinajstić information content (AvgIpc) is 2.91. The Kier molecular flexibility index (Phi) is 4.87. The molecule has 10 heteroatoms. The van der Waals surface area contributed by atoms with Crippen LogP contribution in [0.5, 0.6) is 0 Å². The van der Waals surface area contributed by atoms with Crippen LogP contribution in [0.4, 0.5) is 0 Å². The predicted octanol–water partition coefficient (Wildman–Crippen LogP) is 3.09. The number of halogens is 2. The number of fused-ring (bicyclic) bond motifs is 1. The van der Waals surface area contributed by atoms with E-state index in [0.717, 1.165) is 0 Å². The van der Waals surface area contributed by atoms with Gasteiger partial charge >= 0.3 is 5.97 Å². The molecule has 0 aliphatic carbocycles. The molecule has 8 nitrogen and oxygen atoms in total. The first kappa shape index (κ1) is 17.9. The van der Waals surface area contributed by atoms with Gasteiger partial charge in [-0.3, -0.25) is 9.36 Å². The normalized spacial score (nSPS) is 11.7. The van der Waals surface area contributed by atoms with Crippen LogP contribution in [0.15, 0.2) is 18.7 Å². The number of hydrogen-bond donors (Lipinski definition) is 0. The van der Waals surface area contributed by atoms with E-state index in [-0.39, 0.29) is 17.9 Å². The van der Waals surface area contributed by atoms with Crippen molar-refractivity contribution < 1.29 is 9.53 Å². The number of carbonyl (C=O) groups excluding carboxylic acids is 1. The van der Waals surface area contributed by atoms with E-state index in [4.69, 9.17) is 16.3 Å². The highest BCUT2D eigenvalue weighted by atomic mass is 127. The molecule has 0 aliphatic rings. The van der Waals surface area contributed by atoms with Crippen molar-refractivity contribution in [2.24, 2.45) is 5.41 Å². The van der Waals surface area contributed by atoms with E-state index in [0.29, 0.717) is 26.4 Å². The van der Waals surface area contributed by atoms with E-state index in [1.807, 2.05) is 22.6 Å². The van der Waals surface area contributed by atoms with Crippen molar-refractivity contribution in [2.75, 3.05) is 0 Å². The Labute approximate surface area is 162 Å². The molecule has 0 saturated heterocycles. The Morgan fingerprint density at radius 1 is 1.24 bits per heavy atom. The van der Waals surface area contributed by atoms with E-state index >= 15 is 0 Å². The van der Waals surface area contributed by atoms with Gasteiger partial charge in [-0.1, -0.05) is 11.6 Å². The molecule has 3 rings (SSSR count). The van der Waals surface area contributed by atoms with Gasteiger partial charge in [0.2, 0.25) is 0 Å². The van der Waals surface area contributed by atoms with Gasteiger partial charge in [0.25, 0.3) is 0 Å². The highest BCUT2D eigenvalue weighted by molar-refractivity contribution is 14.1. The van der Waals surface area contributed by atoms with Crippen molar-refractivity contribution >= 4 is 51.3 Å². The van der Waals surface area contributed by atoms with Gasteiger partial charge in [-0.05, 0) is 20.8 Å². The van der Waals surface area contributed by atoms with Gasteiger partial charge in [0.15, 0.2) is 21.4 Å². The first-order valence-corrected chi connectivity index (χ1v) is 8.75. The molecule has 0 amide bonds. The summed E-state index contributed by atoms with van der Waals surface area (Å²) < 4.78 is 7.57. The minimum atomic E-state index is -0.618. The lowest BCUT2D eigenvalue weighted by molar-refractivity contribution is -0.156. The van der Waals surface area contributed by atoms with Crippen LogP contribution >= 0.6 is 34.2 Å². The number of hydrogen-bond acceptors (Lipinski definition) is 7. The zero-order valence-corrected chi connectivity index (χ0v) is 16.6. The first-order valence-electron chi connectivity index (χ1n) is 7.29. The van der Waals surface area contributed by atoms with Gasteiger partial charge in [-0.2, -0.15) is 0 Å². The fraction of sp³-hybridized carbons (Fsp3) is 0.333. The largest absolute Gasteiger partial charge is 0.443 e. The molecule has 0 N–H and O–H groups in total. The summed E-state index contributed by atoms with van der Waals surface area (Å²) >= 11 is 8.17. The second-order valence-electron chi connectivity index (χ2n) is 6.26. The van der Waals surface area contributed by atoms with Crippen LogP contribution in [0.1, 0.15) is 20.8 Å². The topological polar surface area (TPSA) is 95.7 Å². The average molecular weight is 473 g/mol. The maximum atomic E-state index is 12.1. The smallest absolute Gasteiger partial charge is 0.312 e. The molecule has 0 atom stereocenters. The van der Waals surface area contributed by atoms with E-state index in [9.17, 15) is 4.79 Å². The molecule has 0 bridgehead atoms. The minimum absolute atomic E-state index is 0.0553. The molecule has 3 aromatic heterocycles. The Morgan fingerprint density at radius 3 is 2.56 bits per heavy atom. The van der Waals surface area contributed by atoms with Gasteiger partial charge in [-0.25, -0.2) is 24.9 Å². The van der Waals surface area contributed by atoms with Crippen molar-refractivity contribution in [1.29, 1.82) is 0 Å². The van der Waals surface area contributed by atoms with E-state index in [2.05, 4.69) is 24.9 Å². The van der Waals surface area contributed by atoms with Crippen LogP contribution in [0, 0.1) is 9.25 Å². The van der Waals surface area contributed by atoms with Gasteiger partial charge in [-0.15, -0.1) is 0 Å². The monoisotopic (exact) mass is 472 g/mol. The summed E-state index contributed by atoms with van der Waals surface area (Å²) in [6.45, 7) is 5.31. The number of carbonyl (C=O) groups is 1. The fourth-order valence-corrected chi connectivity index (χ4v) is 2.86. The lowest BCUT2D eigenvalue weighted by Crippen LogP contribution is -2.24. The van der Waals surface area contributed by atoms with Crippen molar-refractivity contribution in [3.63, 3.8) is 0 Å². The standard InChI is InChI=1S/C15H14ClIN6O2/c1-15(2,3)13(24)25-7-23-11(8-4-18-6-19-5-8)20-9-10(16)21-14(17)22-12(9)23/h4-6H,7H2,1-3H3. The Hall–Kier alpha value is -1.88. The van der Waals surface area contributed by atoms with Gasteiger partial charge in [0.1, 0.15) is 17.7 Å².